The monoisotopic (exact) mass is 746 g/mol. The highest BCUT2D eigenvalue weighted by Gasteiger charge is 2.44. The Morgan fingerprint density at radius 2 is 1.21 bits per heavy atom. The van der Waals surface area contributed by atoms with Crippen molar-refractivity contribution in [3.63, 3.8) is 0 Å². The molecule has 1 saturated heterocycles. The molecule has 1 rings (SSSR count). The van der Waals surface area contributed by atoms with Crippen LogP contribution >= 0.6 is 0 Å². The molecule has 10 atom stereocenters. The number of aliphatic hydroxyl groups excluding tert-OH is 7. The molecule has 1 aliphatic rings. The lowest BCUT2D eigenvalue weighted by molar-refractivity contribution is -0.302. The number of rotatable bonds is 33. The Morgan fingerprint density at radius 3 is 1.73 bits per heavy atom. The second-order valence-electron chi connectivity index (χ2n) is 15.3. The number of amides is 1. The summed E-state index contributed by atoms with van der Waals surface area (Å²) in [6.45, 7) is 5.52. The van der Waals surface area contributed by atoms with Crippen LogP contribution in [0.1, 0.15) is 168 Å². The van der Waals surface area contributed by atoms with E-state index in [2.05, 4.69) is 26.1 Å². The van der Waals surface area contributed by atoms with Gasteiger partial charge in [0.2, 0.25) is 5.91 Å². The van der Waals surface area contributed by atoms with E-state index < -0.39 is 67.6 Å². The number of nitrogens with one attached hydrogen (secondary N) is 1. The smallest absolute Gasteiger partial charge is 0.249 e. The van der Waals surface area contributed by atoms with Crippen molar-refractivity contribution in [2.45, 2.75) is 224 Å². The van der Waals surface area contributed by atoms with Gasteiger partial charge in [-0.1, -0.05) is 155 Å². The third-order valence-electron chi connectivity index (χ3n) is 10.5. The van der Waals surface area contributed by atoms with Crippen molar-refractivity contribution in [1.29, 1.82) is 0 Å². The largest absolute Gasteiger partial charge is 0.394 e. The molecule has 1 amide bonds. The van der Waals surface area contributed by atoms with E-state index in [1.807, 2.05) is 0 Å². The summed E-state index contributed by atoms with van der Waals surface area (Å²) in [7, 11) is 0. The summed E-state index contributed by atoms with van der Waals surface area (Å²) in [5.74, 6) is -0.493. The van der Waals surface area contributed by atoms with Crippen LogP contribution in [0.5, 0.6) is 0 Å². The van der Waals surface area contributed by atoms with Crippen molar-refractivity contribution < 1.29 is 50.0 Å². The average molecular weight is 746 g/mol. The van der Waals surface area contributed by atoms with Gasteiger partial charge in [0.25, 0.3) is 0 Å². The second-order valence-corrected chi connectivity index (χ2v) is 15.3. The molecule has 308 valence electrons. The first kappa shape index (κ1) is 48.9. The van der Waals surface area contributed by atoms with E-state index in [9.17, 15) is 40.5 Å². The third kappa shape index (κ3) is 21.7. The predicted molar refractivity (Wildman–Crippen MR) is 206 cm³/mol. The summed E-state index contributed by atoms with van der Waals surface area (Å²) in [5.41, 5.74) is 0. The van der Waals surface area contributed by atoms with Gasteiger partial charge < -0.3 is 50.5 Å². The zero-order valence-electron chi connectivity index (χ0n) is 33.0. The van der Waals surface area contributed by atoms with Gasteiger partial charge in [0.1, 0.15) is 30.5 Å². The summed E-state index contributed by atoms with van der Waals surface area (Å²) in [4.78, 5) is 13.0. The molecule has 0 aromatic carbocycles. The molecule has 1 fully saturated rings. The van der Waals surface area contributed by atoms with Crippen molar-refractivity contribution >= 4 is 5.91 Å². The molecular weight excluding hydrogens is 666 g/mol. The molecule has 52 heavy (non-hydrogen) atoms. The standard InChI is InChI=1S/C41H79NO10/c1-4-6-8-10-12-13-14-15-16-18-20-22-28-35(46)40(50)42-32(30-51-41-39(49)38(48)37(47)36(29-43)52-41)34(45)27-24-23-26-33(44)31(3)25-21-19-17-11-9-7-5-2/h24,27,31-39,41,43-49H,4-23,25-26,28-30H2,1-3H3,(H,42,50). The SMILES string of the molecule is CCCCCCCCCCCCCCC(O)C(=O)NC(COC1OC(CO)C(O)C(O)C1O)C(O)C=CCCC(O)C(C)CCCCCCCCC. The Morgan fingerprint density at radius 1 is 0.712 bits per heavy atom. The minimum absolute atomic E-state index is 0.166. The number of carbonyl (C=O) groups is 1. The van der Waals surface area contributed by atoms with Crippen LogP contribution in [0, 0.1) is 5.92 Å². The van der Waals surface area contributed by atoms with Crippen LogP contribution in [-0.2, 0) is 14.3 Å². The minimum Gasteiger partial charge on any atom is -0.394 e. The number of carbonyl (C=O) groups excluding carboxylic acids is 1. The van der Waals surface area contributed by atoms with Crippen LogP contribution in [0.3, 0.4) is 0 Å². The van der Waals surface area contributed by atoms with Gasteiger partial charge in [0.05, 0.1) is 31.5 Å². The van der Waals surface area contributed by atoms with E-state index in [0.717, 1.165) is 32.1 Å². The van der Waals surface area contributed by atoms with E-state index >= 15 is 0 Å². The Kier molecular flexibility index (Phi) is 29.2. The minimum atomic E-state index is -1.64. The van der Waals surface area contributed by atoms with E-state index in [4.69, 9.17) is 9.47 Å². The van der Waals surface area contributed by atoms with Gasteiger partial charge in [-0.3, -0.25) is 4.79 Å². The summed E-state index contributed by atoms with van der Waals surface area (Å²) in [6.07, 6.45) is 17.8. The van der Waals surface area contributed by atoms with E-state index in [0.29, 0.717) is 19.3 Å². The Balaban J connectivity index is 2.60. The number of aliphatic hydroxyl groups is 7. The molecular formula is C41H79NO10. The number of ether oxygens (including phenoxy) is 2. The van der Waals surface area contributed by atoms with Gasteiger partial charge in [-0.05, 0) is 31.6 Å². The fourth-order valence-electron chi connectivity index (χ4n) is 6.76. The van der Waals surface area contributed by atoms with Gasteiger partial charge in [-0.2, -0.15) is 0 Å². The fourth-order valence-corrected chi connectivity index (χ4v) is 6.76. The summed E-state index contributed by atoms with van der Waals surface area (Å²) >= 11 is 0. The number of unbranched alkanes of at least 4 members (excludes halogenated alkanes) is 17. The molecule has 0 aromatic rings. The van der Waals surface area contributed by atoms with Gasteiger partial charge >= 0.3 is 0 Å². The highest BCUT2D eigenvalue weighted by atomic mass is 16.7. The third-order valence-corrected chi connectivity index (χ3v) is 10.5. The Hall–Kier alpha value is -1.15. The first-order chi connectivity index (χ1) is 25.1. The van der Waals surface area contributed by atoms with Crippen LogP contribution < -0.4 is 5.32 Å². The van der Waals surface area contributed by atoms with Crippen LogP contribution in [0.4, 0.5) is 0 Å². The number of hydrogen-bond acceptors (Lipinski definition) is 10. The first-order valence-electron chi connectivity index (χ1n) is 21.0. The second kappa shape index (κ2) is 31.1. The quantitative estimate of drug-likeness (QED) is 0.0311. The lowest BCUT2D eigenvalue weighted by Crippen LogP contribution is -2.60. The van der Waals surface area contributed by atoms with Crippen LogP contribution in [0.15, 0.2) is 12.2 Å². The predicted octanol–water partition coefficient (Wildman–Crippen LogP) is 5.57. The van der Waals surface area contributed by atoms with E-state index in [1.54, 1.807) is 6.08 Å². The molecule has 0 aromatic heterocycles. The molecule has 11 heteroatoms. The maximum atomic E-state index is 13.0. The lowest BCUT2D eigenvalue weighted by Gasteiger charge is -2.40. The average Bonchev–Trinajstić information content (AvgIpc) is 3.14. The normalized spacial score (nSPS) is 23.8. The van der Waals surface area contributed by atoms with E-state index in [-0.39, 0.29) is 18.9 Å². The van der Waals surface area contributed by atoms with Crippen molar-refractivity contribution in [2.75, 3.05) is 13.2 Å². The van der Waals surface area contributed by atoms with Crippen molar-refractivity contribution in [3.8, 4) is 0 Å². The molecule has 0 bridgehead atoms. The van der Waals surface area contributed by atoms with Crippen molar-refractivity contribution in [3.05, 3.63) is 12.2 Å². The van der Waals surface area contributed by atoms with Crippen molar-refractivity contribution in [2.24, 2.45) is 5.92 Å². The molecule has 0 radical (unpaired) electrons. The maximum Gasteiger partial charge on any atom is 0.249 e. The molecule has 0 spiro atoms. The maximum absolute atomic E-state index is 13.0. The van der Waals surface area contributed by atoms with Gasteiger partial charge in [0, 0.05) is 0 Å². The zero-order chi connectivity index (χ0) is 38.6. The zero-order valence-corrected chi connectivity index (χ0v) is 33.0. The highest BCUT2D eigenvalue weighted by Crippen LogP contribution is 2.23. The molecule has 8 N–H and O–H groups in total. The summed E-state index contributed by atoms with van der Waals surface area (Å²) < 4.78 is 11.1. The molecule has 0 aliphatic carbocycles. The number of allylic oxidation sites excluding steroid dienone is 1. The summed E-state index contributed by atoms with van der Waals surface area (Å²) in [5, 5.41) is 75.1. The highest BCUT2D eigenvalue weighted by molar-refractivity contribution is 5.80. The molecule has 1 heterocycles. The summed E-state index contributed by atoms with van der Waals surface area (Å²) in [6, 6.07) is -1.05. The molecule has 1 aliphatic heterocycles. The van der Waals surface area contributed by atoms with Crippen molar-refractivity contribution in [1.82, 2.24) is 5.32 Å². The Bertz CT molecular complexity index is 877. The Labute approximate surface area is 315 Å². The lowest BCUT2D eigenvalue weighted by atomic mass is 9.94. The molecule has 11 nitrogen and oxygen atoms in total. The van der Waals surface area contributed by atoms with Gasteiger partial charge in [-0.25, -0.2) is 0 Å². The van der Waals surface area contributed by atoms with Crippen LogP contribution in [0.25, 0.3) is 0 Å². The van der Waals surface area contributed by atoms with Gasteiger partial charge in [-0.15, -0.1) is 0 Å². The number of hydrogen-bond donors (Lipinski definition) is 8. The molecule has 10 unspecified atom stereocenters. The van der Waals surface area contributed by atoms with Gasteiger partial charge in [0.15, 0.2) is 6.29 Å². The van der Waals surface area contributed by atoms with Crippen LogP contribution in [0.2, 0.25) is 0 Å². The molecule has 0 saturated carbocycles. The topological polar surface area (TPSA) is 189 Å². The first-order valence-corrected chi connectivity index (χ1v) is 21.0. The van der Waals surface area contributed by atoms with Crippen LogP contribution in [-0.4, -0.2) is 110 Å². The fraction of sp³-hybridized carbons (Fsp3) is 0.927. The van der Waals surface area contributed by atoms with E-state index in [1.165, 1.54) is 96.0 Å².